The van der Waals surface area contributed by atoms with Crippen molar-refractivity contribution in [2.24, 2.45) is 34.6 Å². The zero-order chi connectivity index (χ0) is 39.3. The van der Waals surface area contributed by atoms with E-state index in [0.29, 0.717) is 38.8 Å². The van der Waals surface area contributed by atoms with Gasteiger partial charge >= 0.3 is 0 Å². The van der Waals surface area contributed by atoms with E-state index in [1.54, 1.807) is 0 Å². The molecule has 0 radical (unpaired) electrons. The third kappa shape index (κ3) is 10.3. The second-order valence-electron chi connectivity index (χ2n) is 15.4. The van der Waals surface area contributed by atoms with Gasteiger partial charge in [0.2, 0.25) is 0 Å². The molecule has 0 aromatic rings. The van der Waals surface area contributed by atoms with E-state index in [2.05, 4.69) is 10.6 Å². The summed E-state index contributed by atoms with van der Waals surface area (Å²) in [6.45, 7) is 1.11. The van der Waals surface area contributed by atoms with Crippen LogP contribution >= 0.6 is 0 Å². The van der Waals surface area contributed by atoms with E-state index < -0.39 is 122 Å². The minimum absolute atomic E-state index is 0.0710. The van der Waals surface area contributed by atoms with Crippen molar-refractivity contribution in [3.05, 3.63) is 0 Å². The summed E-state index contributed by atoms with van der Waals surface area (Å²) in [5.74, 6) is -1.43. The predicted octanol–water partition coefficient (Wildman–Crippen LogP) is -7.52. The molecule has 0 bridgehead atoms. The molecular formula is C33H63N7O14. The molecule has 0 spiro atoms. The number of ether oxygens (including phenoxy) is 6. The van der Waals surface area contributed by atoms with Gasteiger partial charge in [-0.2, -0.15) is 0 Å². The molecule has 5 fully saturated rings. The summed E-state index contributed by atoms with van der Waals surface area (Å²) in [5.41, 5.74) is 29.5. The van der Waals surface area contributed by atoms with Gasteiger partial charge in [-0.25, -0.2) is 0 Å². The van der Waals surface area contributed by atoms with Crippen molar-refractivity contribution in [2.45, 2.75) is 148 Å². The normalized spacial score (nSPS) is 44.9. The Morgan fingerprint density at radius 2 is 1.50 bits per heavy atom. The number of hydrogen-bond donors (Lipinski definition) is 14. The molecular weight excluding hydrogens is 718 g/mol. The van der Waals surface area contributed by atoms with Crippen LogP contribution in [0.25, 0.3) is 0 Å². The van der Waals surface area contributed by atoms with Crippen LogP contribution in [0.1, 0.15) is 38.5 Å². The van der Waals surface area contributed by atoms with Gasteiger partial charge < -0.3 is 103 Å². The van der Waals surface area contributed by atoms with Crippen LogP contribution in [0.2, 0.25) is 0 Å². The van der Waals surface area contributed by atoms with Crippen molar-refractivity contribution in [2.75, 3.05) is 45.9 Å². The van der Waals surface area contributed by atoms with Crippen molar-refractivity contribution in [3.63, 3.8) is 0 Å². The van der Waals surface area contributed by atoms with Gasteiger partial charge in [-0.1, -0.05) is 0 Å². The maximum Gasteiger partial charge on any atom is 0.187 e. The van der Waals surface area contributed by atoms with Crippen LogP contribution in [0.15, 0.2) is 0 Å². The quantitative estimate of drug-likeness (QED) is 0.0691. The number of hydrogen-bond acceptors (Lipinski definition) is 21. The van der Waals surface area contributed by atoms with Gasteiger partial charge in [-0.15, -0.1) is 0 Å². The first-order valence-corrected chi connectivity index (χ1v) is 19.0. The number of nitrogens with one attached hydrogen (secondary N) is 2. The van der Waals surface area contributed by atoms with Crippen molar-refractivity contribution < 1.29 is 69.0 Å². The summed E-state index contributed by atoms with van der Waals surface area (Å²) >= 11 is 0. The van der Waals surface area contributed by atoms with E-state index in [1.165, 1.54) is 0 Å². The standard InChI is InChI=1S/C33H63N7O14/c34-9-19(43)18(42)8-14-7-17(37)27(52-30-16(36)2-1-15(49-30)11-40-13-33(48)3-5-39-6-4-33)29(23(14)44)54-32-26(47)28(21(12-41)51-32)53-31-22(38)25(46)24(45)20(10-35)50-31/h14-17,19-32,39-41,43-48H,1-13,34-38H2/t14-,15-,16+,17-,19?,20-,21+,22+,23-,24+,25+,26+,27+,28+,29+,30+,31+,32-/m0/s1. The molecule has 21 nitrogen and oxygen atoms in total. The first-order chi connectivity index (χ1) is 25.7. The average molecular weight is 782 g/mol. The first-order valence-electron chi connectivity index (χ1n) is 19.0. The predicted molar refractivity (Wildman–Crippen MR) is 187 cm³/mol. The molecule has 1 aliphatic carbocycles. The van der Waals surface area contributed by atoms with Gasteiger partial charge in [-0.05, 0) is 51.1 Å². The smallest absolute Gasteiger partial charge is 0.187 e. The largest absolute Gasteiger partial charge is 0.394 e. The molecule has 4 saturated heterocycles. The van der Waals surface area contributed by atoms with Crippen LogP contribution in [-0.4, -0.2) is 197 Å². The van der Waals surface area contributed by atoms with E-state index >= 15 is 0 Å². The maximum absolute atomic E-state index is 12.7. The van der Waals surface area contributed by atoms with Crippen molar-refractivity contribution in [1.29, 1.82) is 0 Å². The van der Waals surface area contributed by atoms with Crippen molar-refractivity contribution >= 4 is 5.78 Å². The lowest BCUT2D eigenvalue weighted by molar-refractivity contribution is -0.292. The lowest BCUT2D eigenvalue weighted by Gasteiger charge is -2.46. The number of carbonyl (C=O) groups excluding carboxylic acids is 1. The van der Waals surface area contributed by atoms with Crippen LogP contribution in [0.5, 0.6) is 0 Å². The topological polar surface area (TPSA) is 368 Å². The van der Waals surface area contributed by atoms with Crippen LogP contribution in [0, 0.1) is 5.92 Å². The van der Waals surface area contributed by atoms with Crippen LogP contribution in [-0.2, 0) is 33.2 Å². The van der Waals surface area contributed by atoms with Gasteiger partial charge in [0.1, 0.15) is 54.9 Å². The number of aliphatic hydroxyl groups excluding tert-OH is 6. The van der Waals surface area contributed by atoms with Crippen molar-refractivity contribution in [3.8, 4) is 0 Å². The van der Waals surface area contributed by atoms with Gasteiger partial charge in [0.25, 0.3) is 0 Å². The molecule has 314 valence electrons. The molecule has 4 heterocycles. The molecule has 0 aromatic carbocycles. The number of nitrogens with two attached hydrogens (primary N) is 5. The third-order valence-electron chi connectivity index (χ3n) is 11.4. The molecule has 54 heavy (non-hydrogen) atoms. The summed E-state index contributed by atoms with van der Waals surface area (Å²) in [5, 5.41) is 81.5. The van der Waals surface area contributed by atoms with Gasteiger partial charge in [0.05, 0.1) is 36.5 Å². The molecule has 0 aromatic heterocycles. The second-order valence-corrected chi connectivity index (χ2v) is 15.4. The Morgan fingerprint density at radius 1 is 0.833 bits per heavy atom. The molecule has 5 aliphatic rings. The van der Waals surface area contributed by atoms with Crippen LogP contribution in [0.3, 0.4) is 0 Å². The molecule has 18 atom stereocenters. The fraction of sp³-hybridized carbons (Fsp3) is 0.970. The molecule has 4 aliphatic heterocycles. The summed E-state index contributed by atoms with van der Waals surface area (Å²) in [7, 11) is 0. The summed E-state index contributed by atoms with van der Waals surface area (Å²) < 4.78 is 36.3. The highest BCUT2D eigenvalue weighted by molar-refractivity contribution is 5.83. The Balaban J connectivity index is 1.30. The molecule has 19 N–H and O–H groups in total. The van der Waals surface area contributed by atoms with Gasteiger partial charge in [0, 0.05) is 38.6 Å². The molecule has 21 heteroatoms. The number of ketones is 1. The molecule has 0 amide bonds. The Hall–Kier alpha value is -1.13. The lowest BCUT2D eigenvalue weighted by Crippen LogP contribution is -2.64. The fourth-order valence-electron chi connectivity index (χ4n) is 7.95. The monoisotopic (exact) mass is 781 g/mol. The van der Waals surface area contributed by atoms with Crippen LogP contribution in [0.4, 0.5) is 0 Å². The van der Waals surface area contributed by atoms with E-state index in [0.717, 1.165) is 13.1 Å². The fourth-order valence-corrected chi connectivity index (χ4v) is 7.95. The Bertz CT molecular complexity index is 1180. The summed E-state index contributed by atoms with van der Waals surface area (Å²) in [6, 6.07) is -2.72. The van der Waals surface area contributed by atoms with Gasteiger partial charge in [0.15, 0.2) is 24.7 Å². The lowest BCUT2D eigenvalue weighted by atomic mass is 9.76. The number of rotatable bonds is 16. The highest BCUT2D eigenvalue weighted by Gasteiger charge is 2.54. The second kappa shape index (κ2) is 19.5. The van der Waals surface area contributed by atoms with Crippen LogP contribution < -0.4 is 39.3 Å². The van der Waals surface area contributed by atoms with E-state index in [1.807, 2.05) is 0 Å². The number of piperidine rings is 1. The van der Waals surface area contributed by atoms with E-state index in [9.17, 15) is 40.5 Å². The molecule has 1 unspecified atom stereocenters. The van der Waals surface area contributed by atoms with E-state index in [4.69, 9.17) is 57.1 Å². The highest BCUT2D eigenvalue weighted by atomic mass is 16.8. The third-order valence-corrected chi connectivity index (χ3v) is 11.4. The zero-order valence-electron chi connectivity index (χ0n) is 30.5. The summed E-state index contributed by atoms with van der Waals surface area (Å²) in [4.78, 5) is 12.7. The number of Topliss-reactive ketones (excluding diaryl/α,β-unsaturated/α-hetero) is 1. The number of carbonyl (C=O) groups is 1. The number of aliphatic hydroxyl groups is 7. The summed E-state index contributed by atoms with van der Waals surface area (Å²) in [6.07, 6.45) is -15.6. The van der Waals surface area contributed by atoms with Crippen molar-refractivity contribution in [1.82, 2.24) is 10.6 Å². The average Bonchev–Trinajstić information content (AvgIpc) is 3.45. The minimum Gasteiger partial charge on any atom is -0.394 e. The zero-order valence-corrected chi connectivity index (χ0v) is 30.5. The molecule has 1 saturated carbocycles. The SMILES string of the molecule is NCC(O)C(=O)C[C@@H]1C[C@H](N)[C@@H](O[C@H]2O[C@H](CNCC3(O)CCNCC3)CC[C@H]2N)[C@H](O[C@@H]2O[C@H](CO)[C@@H](O[C@H]3O[C@@H](CN)[C@@H](O)[C@H](O)[C@H]3N)[C@H]2O)[C@H]1O. The minimum atomic E-state index is -1.64. The van der Waals surface area contributed by atoms with Gasteiger partial charge in [-0.3, -0.25) is 4.79 Å². The Morgan fingerprint density at radius 3 is 2.17 bits per heavy atom. The Kier molecular flexibility index (Phi) is 15.9. The Labute approximate surface area is 314 Å². The molecule has 5 rings (SSSR count). The van der Waals surface area contributed by atoms with E-state index in [-0.39, 0.29) is 32.0 Å². The maximum atomic E-state index is 12.7. The highest BCUT2D eigenvalue weighted by Crippen LogP contribution is 2.37. The first kappa shape index (κ1) is 44.0.